The first kappa shape index (κ1) is 13.3. The lowest BCUT2D eigenvalue weighted by molar-refractivity contribution is 0.0927. The normalized spacial score (nSPS) is 20.3. The number of amides is 1. The number of fused-ring (bicyclic) bond motifs is 1. The lowest BCUT2D eigenvalue weighted by atomic mass is 10.1. The molecule has 0 unspecified atom stereocenters. The van der Waals surface area contributed by atoms with Crippen LogP contribution in [0.1, 0.15) is 35.4 Å². The number of imidazole rings is 1. The number of hydrogen-bond acceptors (Lipinski definition) is 4. The Kier molecular flexibility index (Phi) is 3.29. The van der Waals surface area contributed by atoms with Crippen LogP contribution in [-0.2, 0) is 13.0 Å². The number of rotatable bonds is 4. The van der Waals surface area contributed by atoms with Crippen LogP contribution >= 0.6 is 0 Å². The summed E-state index contributed by atoms with van der Waals surface area (Å²) >= 11 is 0. The van der Waals surface area contributed by atoms with Gasteiger partial charge in [0, 0.05) is 43.6 Å². The highest BCUT2D eigenvalue weighted by Gasteiger charge is 2.22. The highest BCUT2D eigenvalue weighted by Crippen LogP contribution is 2.23. The van der Waals surface area contributed by atoms with E-state index in [1.807, 2.05) is 24.5 Å². The molecule has 1 fully saturated rings. The Hall–Kier alpha value is -2.37. The molecule has 0 aromatic carbocycles. The highest BCUT2D eigenvalue weighted by molar-refractivity contribution is 5.94. The van der Waals surface area contributed by atoms with Crippen LogP contribution in [0, 0.1) is 0 Å². The standard InChI is InChI=1S/C16H19N5O/c22-16(11-1-5-14(18-9-11)19-12-2-3-12)20-13-4-6-15-17-7-8-21(15)10-13/h1,5,7-9,12-13H,2-4,6,10H2,(H,18,19)(H,20,22)/t13-/m1/s1. The van der Waals surface area contributed by atoms with E-state index < -0.39 is 0 Å². The minimum absolute atomic E-state index is 0.0564. The molecular weight excluding hydrogens is 278 g/mol. The van der Waals surface area contributed by atoms with Crippen molar-refractivity contribution in [2.75, 3.05) is 5.32 Å². The van der Waals surface area contributed by atoms with Gasteiger partial charge in [-0.15, -0.1) is 0 Å². The maximum atomic E-state index is 12.3. The van der Waals surface area contributed by atoms with E-state index in [0.29, 0.717) is 11.6 Å². The molecule has 1 amide bonds. The van der Waals surface area contributed by atoms with Crippen molar-refractivity contribution in [1.82, 2.24) is 19.9 Å². The molecule has 3 heterocycles. The molecule has 2 aromatic rings. The van der Waals surface area contributed by atoms with Crippen molar-refractivity contribution in [3.63, 3.8) is 0 Å². The third-order valence-electron chi connectivity index (χ3n) is 4.23. The predicted molar refractivity (Wildman–Crippen MR) is 82.7 cm³/mol. The first-order valence-electron chi connectivity index (χ1n) is 7.81. The summed E-state index contributed by atoms with van der Waals surface area (Å²) in [5.74, 6) is 1.89. The van der Waals surface area contributed by atoms with E-state index in [2.05, 4.69) is 25.2 Å². The minimum atomic E-state index is -0.0564. The molecule has 4 rings (SSSR count). The second-order valence-corrected chi connectivity index (χ2v) is 6.06. The Morgan fingerprint density at radius 3 is 2.86 bits per heavy atom. The maximum absolute atomic E-state index is 12.3. The van der Waals surface area contributed by atoms with Crippen LogP contribution in [0.3, 0.4) is 0 Å². The zero-order valence-corrected chi connectivity index (χ0v) is 12.3. The van der Waals surface area contributed by atoms with E-state index >= 15 is 0 Å². The summed E-state index contributed by atoms with van der Waals surface area (Å²) in [6, 6.07) is 4.43. The monoisotopic (exact) mass is 297 g/mol. The second kappa shape index (κ2) is 5.44. The van der Waals surface area contributed by atoms with Crippen LogP contribution in [0.5, 0.6) is 0 Å². The van der Waals surface area contributed by atoms with Gasteiger partial charge in [0.25, 0.3) is 5.91 Å². The molecule has 6 heteroatoms. The van der Waals surface area contributed by atoms with Gasteiger partial charge >= 0.3 is 0 Å². The average Bonchev–Trinajstić information content (AvgIpc) is 3.22. The van der Waals surface area contributed by atoms with Crippen LogP contribution in [0.15, 0.2) is 30.7 Å². The van der Waals surface area contributed by atoms with Gasteiger partial charge in [0.2, 0.25) is 0 Å². The molecule has 1 saturated carbocycles. The smallest absolute Gasteiger partial charge is 0.253 e. The number of aryl methyl sites for hydroxylation is 1. The number of aromatic nitrogens is 3. The second-order valence-electron chi connectivity index (χ2n) is 6.06. The van der Waals surface area contributed by atoms with Gasteiger partial charge < -0.3 is 15.2 Å². The summed E-state index contributed by atoms with van der Waals surface area (Å²) < 4.78 is 2.11. The zero-order valence-electron chi connectivity index (χ0n) is 12.3. The molecule has 0 saturated heterocycles. The number of anilines is 1. The summed E-state index contributed by atoms with van der Waals surface area (Å²) in [7, 11) is 0. The number of carbonyl (C=O) groups excluding carboxylic acids is 1. The van der Waals surface area contributed by atoms with Crippen LogP contribution in [0.4, 0.5) is 5.82 Å². The lowest BCUT2D eigenvalue weighted by Crippen LogP contribution is -2.40. The minimum Gasteiger partial charge on any atom is -0.367 e. The number of nitrogens with one attached hydrogen (secondary N) is 2. The average molecular weight is 297 g/mol. The summed E-state index contributed by atoms with van der Waals surface area (Å²) in [6.07, 6.45) is 9.68. The number of nitrogens with zero attached hydrogens (tertiary/aromatic N) is 3. The Labute approximate surface area is 129 Å². The van der Waals surface area contributed by atoms with Gasteiger partial charge in [0.1, 0.15) is 11.6 Å². The van der Waals surface area contributed by atoms with Crippen molar-refractivity contribution in [2.45, 2.75) is 44.3 Å². The molecule has 1 atom stereocenters. The van der Waals surface area contributed by atoms with Gasteiger partial charge in [-0.3, -0.25) is 4.79 Å². The van der Waals surface area contributed by atoms with E-state index in [0.717, 1.165) is 31.0 Å². The highest BCUT2D eigenvalue weighted by atomic mass is 16.1. The van der Waals surface area contributed by atoms with Crippen molar-refractivity contribution >= 4 is 11.7 Å². The first-order chi connectivity index (χ1) is 10.8. The molecule has 1 aliphatic heterocycles. The summed E-state index contributed by atoms with van der Waals surface area (Å²) in [5.41, 5.74) is 0.609. The summed E-state index contributed by atoms with van der Waals surface area (Å²) in [6.45, 7) is 0.788. The predicted octanol–water partition coefficient (Wildman–Crippen LogP) is 1.60. The van der Waals surface area contributed by atoms with Crippen molar-refractivity contribution in [3.05, 3.63) is 42.1 Å². The summed E-state index contributed by atoms with van der Waals surface area (Å²) in [4.78, 5) is 20.9. The Bertz CT molecular complexity index is 674. The van der Waals surface area contributed by atoms with Crippen LogP contribution < -0.4 is 10.6 Å². The van der Waals surface area contributed by atoms with Crippen molar-refractivity contribution in [2.24, 2.45) is 0 Å². The zero-order chi connectivity index (χ0) is 14.9. The third kappa shape index (κ3) is 2.81. The number of pyridine rings is 1. The van der Waals surface area contributed by atoms with Crippen LogP contribution in [-0.4, -0.2) is 32.5 Å². The number of hydrogen-bond donors (Lipinski definition) is 2. The van der Waals surface area contributed by atoms with E-state index in [4.69, 9.17) is 0 Å². The Morgan fingerprint density at radius 1 is 1.18 bits per heavy atom. The van der Waals surface area contributed by atoms with Crippen molar-refractivity contribution < 1.29 is 4.79 Å². The van der Waals surface area contributed by atoms with Crippen LogP contribution in [0.2, 0.25) is 0 Å². The van der Waals surface area contributed by atoms with Crippen LogP contribution in [0.25, 0.3) is 0 Å². The molecule has 6 nitrogen and oxygen atoms in total. The summed E-state index contributed by atoms with van der Waals surface area (Å²) in [5, 5.41) is 6.41. The van der Waals surface area contributed by atoms with Crippen molar-refractivity contribution in [1.29, 1.82) is 0 Å². The molecule has 0 bridgehead atoms. The molecule has 2 aromatic heterocycles. The van der Waals surface area contributed by atoms with E-state index in [1.165, 1.54) is 12.8 Å². The van der Waals surface area contributed by atoms with Crippen molar-refractivity contribution in [3.8, 4) is 0 Å². The van der Waals surface area contributed by atoms with Gasteiger partial charge in [-0.05, 0) is 31.4 Å². The van der Waals surface area contributed by atoms with E-state index in [1.54, 1.807) is 6.20 Å². The largest absolute Gasteiger partial charge is 0.367 e. The van der Waals surface area contributed by atoms with Gasteiger partial charge in [-0.25, -0.2) is 9.97 Å². The van der Waals surface area contributed by atoms with E-state index in [9.17, 15) is 4.79 Å². The van der Waals surface area contributed by atoms with Gasteiger partial charge in [0.05, 0.1) is 5.56 Å². The van der Waals surface area contributed by atoms with E-state index in [-0.39, 0.29) is 11.9 Å². The molecule has 1 aliphatic carbocycles. The van der Waals surface area contributed by atoms with Gasteiger partial charge in [0.15, 0.2) is 0 Å². The molecule has 2 N–H and O–H groups in total. The lowest BCUT2D eigenvalue weighted by Gasteiger charge is -2.24. The quantitative estimate of drug-likeness (QED) is 0.899. The fourth-order valence-corrected chi connectivity index (χ4v) is 2.80. The molecule has 0 radical (unpaired) electrons. The molecule has 2 aliphatic rings. The Balaban J connectivity index is 1.37. The molecule has 22 heavy (non-hydrogen) atoms. The molecular formula is C16H19N5O. The SMILES string of the molecule is O=C(N[C@@H]1CCc2nccn2C1)c1ccc(NC2CC2)nc1. The Morgan fingerprint density at radius 2 is 2.09 bits per heavy atom. The fourth-order valence-electron chi connectivity index (χ4n) is 2.80. The van der Waals surface area contributed by atoms with Gasteiger partial charge in [-0.1, -0.05) is 0 Å². The molecule has 0 spiro atoms. The molecule has 114 valence electrons. The fraction of sp³-hybridized carbons (Fsp3) is 0.438. The third-order valence-corrected chi connectivity index (χ3v) is 4.23. The first-order valence-corrected chi connectivity index (χ1v) is 7.81. The topological polar surface area (TPSA) is 71.8 Å². The van der Waals surface area contributed by atoms with Gasteiger partial charge in [-0.2, -0.15) is 0 Å². The maximum Gasteiger partial charge on any atom is 0.253 e. The number of carbonyl (C=O) groups is 1.